The van der Waals surface area contributed by atoms with E-state index in [9.17, 15) is 0 Å². The van der Waals surface area contributed by atoms with E-state index >= 15 is 0 Å². The molecule has 0 aromatic heterocycles. The van der Waals surface area contributed by atoms with E-state index in [0.717, 1.165) is 16.9 Å². The van der Waals surface area contributed by atoms with E-state index in [1.165, 1.54) is 0 Å². The first-order chi connectivity index (χ1) is 8.45. The topological polar surface area (TPSA) is 35.2 Å². The fourth-order valence-electron chi connectivity index (χ4n) is 1.75. The monoisotopic (exact) mass is 281 g/mol. The van der Waals surface area contributed by atoms with Crippen LogP contribution in [-0.2, 0) is 0 Å². The van der Waals surface area contributed by atoms with Crippen LogP contribution in [0.25, 0.3) is 0 Å². The first kappa shape index (κ1) is 13.1. The summed E-state index contributed by atoms with van der Waals surface area (Å²) in [6, 6.07) is 9.16. The van der Waals surface area contributed by atoms with E-state index in [4.69, 9.17) is 33.7 Å². The summed E-state index contributed by atoms with van der Waals surface area (Å²) in [6.45, 7) is 4.02. The molecule has 2 aromatic carbocycles. The molecule has 0 unspecified atom stereocenters. The molecule has 18 heavy (non-hydrogen) atoms. The second kappa shape index (κ2) is 5.09. The molecule has 4 heteroatoms. The maximum atomic E-state index is 5.95. The van der Waals surface area contributed by atoms with Crippen molar-refractivity contribution in [2.75, 3.05) is 5.73 Å². The number of hydrogen-bond acceptors (Lipinski definition) is 2. The van der Waals surface area contributed by atoms with Gasteiger partial charge in [-0.3, -0.25) is 0 Å². The van der Waals surface area contributed by atoms with Crippen molar-refractivity contribution in [2.45, 2.75) is 13.8 Å². The van der Waals surface area contributed by atoms with Gasteiger partial charge in [-0.2, -0.15) is 0 Å². The molecular formula is C14H13Cl2NO. The third-order valence-corrected chi connectivity index (χ3v) is 3.20. The molecule has 0 aliphatic rings. The normalized spacial score (nSPS) is 10.4. The van der Waals surface area contributed by atoms with Crippen LogP contribution in [0.1, 0.15) is 11.1 Å². The fourth-order valence-corrected chi connectivity index (χ4v) is 2.08. The van der Waals surface area contributed by atoms with Gasteiger partial charge in [-0.1, -0.05) is 29.3 Å². The van der Waals surface area contributed by atoms with Gasteiger partial charge in [0.15, 0.2) is 5.75 Å². The van der Waals surface area contributed by atoms with Crippen molar-refractivity contribution in [3.63, 3.8) is 0 Å². The molecule has 0 aliphatic heterocycles. The van der Waals surface area contributed by atoms with Crippen LogP contribution in [0.2, 0.25) is 10.0 Å². The number of nitrogens with two attached hydrogens (primary N) is 1. The lowest BCUT2D eigenvalue weighted by Crippen LogP contribution is -1.93. The van der Waals surface area contributed by atoms with Crippen LogP contribution in [0.15, 0.2) is 30.3 Å². The predicted octanol–water partition coefficient (Wildman–Crippen LogP) is 4.98. The van der Waals surface area contributed by atoms with Crippen LogP contribution in [0.5, 0.6) is 11.5 Å². The smallest absolute Gasteiger partial charge is 0.151 e. The third kappa shape index (κ3) is 2.89. The highest BCUT2D eigenvalue weighted by Crippen LogP contribution is 2.35. The highest BCUT2D eigenvalue weighted by molar-refractivity contribution is 6.42. The first-order valence-electron chi connectivity index (χ1n) is 5.46. The zero-order valence-corrected chi connectivity index (χ0v) is 11.6. The number of aryl methyl sites for hydroxylation is 2. The Morgan fingerprint density at radius 2 is 1.44 bits per heavy atom. The fraction of sp³-hybridized carbons (Fsp3) is 0.143. The summed E-state index contributed by atoms with van der Waals surface area (Å²) in [5.41, 5.74) is 8.56. The van der Waals surface area contributed by atoms with Gasteiger partial charge in [-0.15, -0.1) is 0 Å². The number of anilines is 1. The Morgan fingerprint density at radius 1 is 0.889 bits per heavy atom. The van der Waals surface area contributed by atoms with Gasteiger partial charge in [-0.25, -0.2) is 0 Å². The Bertz CT molecular complexity index is 576. The summed E-state index contributed by atoms with van der Waals surface area (Å²) in [4.78, 5) is 0. The van der Waals surface area contributed by atoms with Crippen molar-refractivity contribution < 1.29 is 4.74 Å². The second-order valence-corrected chi connectivity index (χ2v) is 5.04. The highest BCUT2D eigenvalue weighted by atomic mass is 35.5. The van der Waals surface area contributed by atoms with Gasteiger partial charge in [0.25, 0.3) is 0 Å². The van der Waals surface area contributed by atoms with Crippen LogP contribution >= 0.6 is 23.2 Å². The van der Waals surface area contributed by atoms with E-state index in [0.29, 0.717) is 21.5 Å². The minimum absolute atomic E-state index is 0.418. The van der Waals surface area contributed by atoms with Crippen LogP contribution in [0, 0.1) is 13.8 Å². The molecule has 0 amide bonds. The van der Waals surface area contributed by atoms with Gasteiger partial charge in [-0.05, 0) is 43.2 Å². The molecule has 0 radical (unpaired) electrons. The average Bonchev–Trinajstić information content (AvgIpc) is 2.24. The number of benzene rings is 2. The molecule has 2 rings (SSSR count). The SMILES string of the molecule is Cc1cc(C)cc(Oc2cc(Cl)c(Cl)cc2N)c1. The number of hydrogen-bond donors (Lipinski definition) is 1. The minimum atomic E-state index is 0.418. The first-order valence-corrected chi connectivity index (χ1v) is 6.22. The summed E-state index contributed by atoms with van der Waals surface area (Å²) < 4.78 is 5.74. The summed E-state index contributed by atoms with van der Waals surface area (Å²) >= 11 is 11.8. The Morgan fingerprint density at radius 3 is 2.06 bits per heavy atom. The number of halogens is 2. The zero-order chi connectivity index (χ0) is 13.3. The molecule has 0 aliphatic carbocycles. The Kier molecular flexibility index (Phi) is 3.69. The molecular weight excluding hydrogens is 269 g/mol. The van der Waals surface area contributed by atoms with Crippen LogP contribution in [-0.4, -0.2) is 0 Å². The lowest BCUT2D eigenvalue weighted by atomic mass is 10.1. The van der Waals surface area contributed by atoms with E-state index in [1.807, 2.05) is 26.0 Å². The molecule has 0 atom stereocenters. The molecule has 2 aromatic rings. The maximum absolute atomic E-state index is 5.95. The van der Waals surface area contributed by atoms with E-state index < -0.39 is 0 Å². The zero-order valence-electron chi connectivity index (χ0n) is 10.1. The standard InChI is InChI=1S/C14H13Cl2NO/c1-8-3-9(2)5-10(4-8)18-14-7-12(16)11(15)6-13(14)17/h3-7H,17H2,1-2H3. The van der Waals surface area contributed by atoms with Crippen molar-refractivity contribution in [3.05, 3.63) is 51.5 Å². The van der Waals surface area contributed by atoms with Gasteiger partial charge < -0.3 is 10.5 Å². The van der Waals surface area contributed by atoms with Gasteiger partial charge in [0, 0.05) is 6.07 Å². The molecule has 0 fully saturated rings. The quantitative estimate of drug-likeness (QED) is 0.788. The number of ether oxygens (including phenoxy) is 1. The van der Waals surface area contributed by atoms with Crippen molar-refractivity contribution >= 4 is 28.9 Å². The number of rotatable bonds is 2. The summed E-state index contributed by atoms with van der Waals surface area (Å²) in [5.74, 6) is 1.24. The highest BCUT2D eigenvalue weighted by Gasteiger charge is 2.07. The van der Waals surface area contributed by atoms with E-state index in [2.05, 4.69) is 6.07 Å². The van der Waals surface area contributed by atoms with Crippen molar-refractivity contribution in [2.24, 2.45) is 0 Å². The molecule has 2 N–H and O–H groups in total. The minimum Gasteiger partial charge on any atom is -0.455 e. The summed E-state index contributed by atoms with van der Waals surface area (Å²) in [6.07, 6.45) is 0. The summed E-state index contributed by atoms with van der Waals surface area (Å²) in [7, 11) is 0. The predicted molar refractivity (Wildman–Crippen MR) is 76.9 cm³/mol. The molecule has 0 bridgehead atoms. The van der Waals surface area contributed by atoms with Gasteiger partial charge in [0.2, 0.25) is 0 Å². The Hall–Kier alpha value is -1.38. The lowest BCUT2D eigenvalue weighted by Gasteiger charge is -2.11. The Labute approximate surface area is 116 Å². The molecule has 0 heterocycles. The average molecular weight is 282 g/mol. The molecule has 0 saturated heterocycles. The largest absolute Gasteiger partial charge is 0.455 e. The van der Waals surface area contributed by atoms with E-state index in [1.54, 1.807) is 12.1 Å². The van der Waals surface area contributed by atoms with Gasteiger partial charge in [0.05, 0.1) is 15.7 Å². The molecule has 94 valence electrons. The van der Waals surface area contributed by atoms with Crippen molar-refractivity contribution in [3.8, 4) is 11.5 Å². The van der Waals surface area contributed by atoms with Crippen molar-refractivity contribution in [1.82, 2.24) is 0 Å². The van der Waals surface area contributed by atoms with Crippen LogP contribution < -0.4 is 10.5 Å². The van der Waals surface area contributed by atoms with Gasteiger partial charge >= 0.3 is 0 Å². The number of nitrogen functional groups attached to an aromatic ring is 1. The molecule has 0 saturated carbocycles. The lowest BCUT2D eigenvalue weighted by molar-refractivity contribution is 0.484. The van der Waals surface area contributed by atoms with Crippen LogP contribution in [0.4, 0.5) is 5.69 Å². The van der Waals surface area contributed by atoms with Crippen molar-refractivity contribution in [1.29, 1.82) is 0 Å². The van der Waals surface area contributed by atoms with Gasteiger partial charge in [0.1, 0.15) is 5.75 Å². The van der Waals surface area contributed by atoms with E-state index in [-0.39, 0.29) is 0 Å². The maximum Gasteiger partial charge on any atom is 0.151 e. The van der Waals surface area contributed by atoms with Crippen LogP contribution in [0.3, 0.4) is 0 Å². The summed E-state index contributed by atoms with van der Waals surface area (Å²) in [5, 5.41) is 0.840. The molecule has 0 spiro atoms. The second-order valence-electron chi connectivity index (χ2n) is 4.23. The Balaban J connectivity index is 2.36. The third-order valence-electron chi connectivity index (χ3n) is 2.48. The molecule has 2 nitrogen and oxygen atoms in total.